The minimum Gasteiger partial charge on any atom is -0.312 e. The van der Waals surface area contributed by atoms with Crippen molar-refractivity contribution in [2.45, 2.75) is 33.2 Å². The molecule has 17 heavy (non-hydrogen) atoms. The maximum absolute atomic E-state index is 8.58. The first-order valence-corrected chi connectivity index (χ1v) is 6.24. The van der Waals surface area contributed by atoms with Crippen LogP contribution in [0.2, 0.25) is 5.02 Å². The highest BCUT2D eigenvalue weighted by Crippen LogP contribution is 2.21. The van der Waals surface area contributed by atoms with Crippen LogP contribution < -0.4 is 5.32 Å². The Morgan fingerprint density at radius 3 is 2.71 bits per heavy atom. The minimum atomic E-state index is 0.150. The molecule has 0 heterocycles. The van der Waals surface area contributed by atoms with E-state index in [2.05, 4.69) is 25.2 Å². The van der Waals surface area contributed by atoms with Crippen LogP contribution in [0.3, 0.4) is 0 Å². The average molecular weight is 251 g/mol. The quantitative estimate of drug-likeness (QED) is 0.835. The zero-order valence-electron chi connectivity index (χ0n) is 10.5. The number of benzene rings is 1. The Morgan fingerprint density at radius 2 is 2.06 bits per heavy atom. The molecule has 0 bridgehead atoms. The molecular formula is C14H19ClN2. The van der Waals surface area contributed by atoms with Crippen molar-refractivity contribution in [3.63, 3.8) is 0 Å². The maximum Gasteiger partial charge on any atom is 0.0621 e. The third-order valence-corrected chi connectivity index (χ3v) is 3.16. The molecule has 1 aromatic carbocycles. The van der Waals surface area contributed by atoms with Gasteiger partial charge in [0.05, 0.1) is 6.07 Å². The number of nitrogens with zero attached hydrogens (tertiary/aromatic N) is 1. The molecule has 92 valence electrons. The molecule has 1 N–H and O–H groups in total. The van der Waals surface area contributed by atoms with Crippen LogP contribution in [0.4, 0.5) is 0 Å². The van der Waals surface area contributed by atoms with Crippen molar-refractivity contribution in [2.24, 2.45) is 5.41 Å². The largest absolute Gasteiger partial charge is 0.312 e. The highest BCUT2D eigenvalue weighted by atomic mass is 35.5. The van der Waals surface area contributed by atoms with E-state index in [0.717, 1.165) is 30.1 Å². The number of halogens is 1. The average Bonchev–Trinajstić information content (AvgIpc) is 2.29. The van der Waals surface area contributed by atoms with Gasteiger partial charge in [0.1, 0.15) is 0 Å². The van der Waals surface area contributed by atoms with Crippen molar-refractivity contribution < 1.29 is 0 Å². The predicted octanol–water partition coefficient (Wildman–Crippen LogP) is 3.76. The van der Waals surface area contributed by atoms with E-state index >= 15 is 0 Å². The van der Waals surface area contributed by atoms with Gasteiger partial charge in [-0.2, -0.15) is 5.26 Å². The highest BCUT2D eigenvalue weighted by Gasteiger charge is 2.16. The van der Waals surface area contributed by atoms with E-state index in [1.165, 1.54) is 0 Å². The van der Waals surface area contributed by atoms with Gasteiger partial charge in [0, 0.05) is 24.5 Å². The summed E-state index contributed by atoms with van der Waals surface area (Å²) in [5.74, 6) is 0. The molecule has 0 aliphatic rings. The second-order valence-electron chi connectivity index (χ2n) is 5.02. The third-order valence-electron chi connectivity index (χ3n) is 2.79. The van der Waals surface area contributed by atoms with Gasteiger partial charge in [0.25, 0.3) is 0 Å². The van der Waals surface area contributed by atoms with Gasteiger partial charge in [-0.15, -0.1) is 0 Å². The second kappa shape index (κ2) is 6.64. The summed E-state index contributed by atoms with van der Waals surface area (Å²) in [6.45, 7) is 6.00. The standard InChI is InChI=1S/C14H19ClN2/c1-14(2,8-5-9-16)11-17-10-12-6-3-4-7-13(12)15/h3-4,6-7,17H,5,8,10-11H2,1-2H3. The van der Waals surface area contributed by atoms with Crippen LogP contribution in [0.15, 0.2) is 24.3 Å². The molecule has 0 aliphatic carbocycles. The Balaban J connectivity index is 2.38. The molecule has 0 unspecified atom stereocenters. The third kappa shape index (κ3) is 5.21. The van der Waals surface area contributed by atoms with Gasteiger partial charge in [0.15, 0.2) is 0 Å². The van der Waals surface area contributed by atoms with Crippen LogP contribution >= 0.6 is 11.6 Å². The van der Waals surface area contributed by atoms with Gasteiger partial charge in [-0.1, -0.05) is 43.6 Å². The lowest BCUT2D eigenvalue weighted by Crippen LogP contribution is -2.29. The van der Waals surface area contributed by atoms with Crippen molar-refractivity contribution >= 4 is 11.6 Å². The summed E-state index contributed by atoms with van der Waals surface area (Å²) in [5, 5.41) is 12.8. The number of nitriles is 1. The lowest BCUT2D eigenvalue weighted by Gasteiger charge is -2.24. The summed E-state index contributed by atoms with van der Waals surface area (Å²) in [6.07, 6.45) is 1.53. The van der Waals surface area contributed by atoms with Crippen LogP contribution in [-0.4, -0.2) is 6.54 Å². The Labute approximate surface area is 109 Å². The van der Waals surface area contributed by atoms with Crippen LogP contribution in [0.25, 0.3) is 0 Å². The highest BCUT2D eigenvalue weighted by molar-refractivity contribution is 6.31. The molecule has 2 nitrogen and oxygen atoms in total. The lowest BCUT2D eigenvalue weighted by atomic mass is 9.88. The fourth-order valence-electron chi connectivity index (χ4n) is 1.66. The Kier molecular flexibility index (Phi) is 5.47. The van der Waals surface area contributed by atoms with Crippen LogP contribution in [0.1, 0.15) is 32.3 Å². The van der Waals surface area contributed by atoms with E-state index in [4.69, 9.17) is 16.9 Å². The Hall–Kier alpha value is -1.04. The fourth-order valence-corrected chi connectivity index (χ4v) is 1.86. The molecule has 0 aliphatic heterocycles. The molecule has 0 atom stereocenters. The van der Waals surface area contributed by atoms with Gasteiger partial charge < -0.3 is 5.32 Å². The summed E-state index contributed by atoms with van der Waals surface area (Å²) in [4.78, 5) is 0. The van der Waals surface area contributed by atoms with E-state index in [9.17, 15) is 0 Å². The van der Waals surface area contributed by atoms with Crippen LogP contribution in [0, 0.1) is 16.7 Å². The first-order valence-electron chi connectivity index (χ1n) is 5.86. The molecular weight excluding hydrogens is 232 g/mol. The smallest absolute Gasteiger partial charge is 0.0621 e. The monoisotopic (exact) mass is 250 g/mol. The van der Waals surface area contributed by atoms with Gasteiger partial charge >= 0.3 is 0 Å². The van der Waals surface area contributed by atoms with Crippen LogP contribution in [-0.2, 0) is 6.54 Å². The molecule has 1 rings (SSSR count). The molecule has 0 spiro atoms. The van der Waals surface area contributed by atoms with Crippen molar-refractivity contribution in [2.75, 3.05) is 6.54 Å². The molecule has 0 saturated carbocycles. The van der Waals surface area contributed by atoms with Crippen molar-refractivity contribution in [1.29, 1.82) is 5.26 Å². The van der Waals surface area contributed by atoms with E-state index in [0.29, 0.717) is 6.42 Å². The van der Waals surface area contributed by atoms with Gasteiger partial charge in [-0.3, -0.25) is 0 Å². The molecule has 0 amide bonds. The summed E-state index contributed by atoms with van der Waals surface area (Å²) in [7, 11) is 0. The van der Waals surface area contributed by atoms with Crippen molar-refractivity contribution in [3.8, 4) is 6.07 Å². The van der Waals surface area contributed by atoms with E-state index in [1.807, 2.05) is 24.3 Å². The first-order chi connectivity index (χ1) is 8.05. The summed E-state index contributed by atoms with van der Waals surface area (Å²) in [5.41, 5.74) is 1.27. The maximum atomic E-state index is 8.58. The summed E-state index contributed by atoms with van der Waals surface area (Å²) in [6, 6.07) is 10.0. The van der Waals surface area contributed by atoms with Crippen LogP contribution in [0.5, 0.6) is 0 Å². The molecule has 0 radical (unpaired) electrons. The lowest BCUT2D eigenvalue weighted by molar-refractivity contribution is 0.317. The molecule has 0 fully saturated rings. The second-order valence-corrected chi connectivity index (χ2v) is 5.42. The molecule has 3 heteroatoms. The number of rotatable bonds is 6. The van der Waals surface area contributed by atoms with Gasteiger partial charge in [-0.05, 0) is 23.5 Å². The topological polar surface area (TPSA) is 35.8 Å². The number of hydrogen-bond acceptors (Lipinski definition) is 2. The Morgan fingerprint density at radius 1 is 1.35 bits per heavy atom. The van der Waals surface area contributed by atoms with Crippen molar-refractivity contribution in [1.82, 2.24) is 5.32 Å². The molecule has 1 aromatic rings. The zero-order chi connectivity index (χ0) is 12.7. The van der Waals surface area contributed by atoms with Crippen molar-refractivity contribution in [3.05, 3.63) is 34.9 Å². The Bertz CT molecular complexity index is 393. The summed E-state index contributed by atoms with van der Waals surface area (Å²) >= 11 is 6.07. The summed E-state index contributed by atoms with van der Waals surface area (Å²) < 4.78 is 0. The fraction of sp³-hybridized carbons (Fsp3) is 0.500. The zero-order valence-corrected chi connectivity index (χ0v) is 11.2. The van der Waals surface area contributed by atoms with Gasteiger partial charge in [-0.25, -0.2) is 0 Å². The predicted molar refractivity (Wildman–Crippen MR) is 71.8 cm³/mol. The number of hydrogen-bond donors (Lipinski definition) is 1. The van der Waals surface area contributed by atoms with E-state index in [-0.39, 0.29) is 5.41 Å². The minimum absolute atomic E-state index is 0.150. The SMILES string of the molecule is CC(C)(CCC#N)CNCc1ccccc1Cl. The molecule has 0 saturated heterocycles. The van der Waals surface area contributed by atoms with Gasteiger partial charge in [0.2, 0.25) is 0 Å². The normalized spacial score (nSPS) is 11.2. The number of nitrogens with one attached hydrogen (secondary N) is 1. The van der Waals surface area contributed by atoms with E-state index in [1.54, 1.807) is 0 Å². The molecule has 0 aromatic heterocycles. The first kappa shape index (κ1) is 14.0. The van der Waals surface area contributed by atoms with E-state index < -0.39 is 0 Å².